The second-order valence-electron chi connectivity index (χ2n) is 10.6. The Balaban J connectivity index is 1.55. The minimum Gasteiger partial charge on any atom is -0.381 e. The van der Waals surface area contributed by atoms with Gasteiger partial charge in [-0.2, -0.15) is 5.26 Å². The molecule has 0 bridgehead atoms. The number of carbonyl (C=O) groups is 3. The molecule has 0 spiro atoms. The summed E-state index contributed by atoms with van der Waals surface area (Å²) in [6, 6.07) is 23.4. The van der Waals surface area contributed by atoms with E-state index in [0.29, 0.717) is 12.1 Å². The van der Waals surface area contributed by atoms with Crippen molar-refractivity contribution in [3.63, 3.8) is 0 Å². The van der Waals surface area contributed by atoms with E-state index in [1.54, 1.807) is 18.2 Å². The molecule has 3 aromatic rings. The maximum Gasteiger partial charge on any atom is 0.254 e. The van der Waals surface area contributed by atoms with Crippen LogP contribution < -0.4 is 10.6 Å². The summed E-state index contributed by atoms with van der Waals surface area (Å²) in [6.45, 7) is 6.10. The number of hydrogen-bond acceptors (Lipinski definition) is 6. The van der Waals surface area contributed by atoms with Crippen molar-refractivity contribution in [3.05, 3.63) is 107 Å². The monoisotopic (exact) mass is 570 g/mol. The number of thioether (sulfide) groups is 1. The van der Waals surface area contributed by atoms with Crippen molar-refractivity contribution in [2.24, 2.45) is 0 Å². The summed E-state index contributed by atoms with van der Waals surface area (Å²) in [5, 5.41) is 26.4. The highest BCUT2D eigenvalue weighted by atomic mass is 32.2. The van der Waals surface area contributed by atoms with Gasteiger partial charge in [-0.15, -0.1) is 11.8 Å². The molecule has 1 saturated heterocycles. The van der Waals surface area contributed by atoms with E-state index in [0.717, 1.165) is 16.7 Å². The Morgan fingerprint density at radius 2 is 1.78 bits per heavy atom. The molecule has 0 aliphatic carbocycles. The molecule has 0 unspecified atom stereocenters. The van der Waals surface area contributed by atoms with Gasteiger partial charge in [0, 0.05) is 16.9 Å². The van der Waals surface area contributed by atoms with Crippen LogP contribution in [0.1, 0.15) is 46.5 Å². The molecule has 0 aromatic heterocycles. The highest BCUT2D eigenvalue weighted by Crippen LogP contribution is 2.40. The molecule has 3 atom stereocenters. The lowest BCUT2D eigenvalue weighted by molar-refractivity contribution is -0.147. The van der Waals surface area contributed by atoms with Gasteiger partial charge in [-0.1, -0.05) is 60.7 Å². The predicted octanol–water partition coefficient (Wildman–Crippen LogP) is 3.57. The van der Waals surface area contributed by atoms with E-state index >= 15 is 0 Å². The zero-order valence-electron chi connectivity index (χ0n) is 23.3. The lowest BCUT2D eigenvalue weighted by atomic mass is 9.96. The Morgan fingerprint density at radius 3 is 2.49 bits per heavy atom. The standard InChI is InChI=1S/C32H34N4O4S/c1-21-10-7-8-14-25(21)19-34-30(39)28-32(2,3)41-20-36(28)31(40)27(37)26(17-22-11-5-4-6-12-22)35-29(38)24-15-9-13-23(16-24)18-33/h4-16,26-28,37H,17,19-20H2,1-3H3,(H,34,39)(H,35,38)/t26-,27-,28+/m0/s1. The third-order valence-corrected chi connectivity index (χ3v) is 8.67. The SMILES string of the molecule is Cc1ccccc1CNC(=O)[C@H]1N(C(=O)[C@@H](O)[C@H](Cc2ccccc2)NC(=O)c2cccc(C#N)c2)CSC1(C)C. The van der Waals surface area contributed by atoms with Gasteiger partial charge in [-0.25, -0.2) is 0 Å². The average Bonchev–Trinajstić information content (AvgIpc) is 3.30. The summed E-state index contributed by atoms with van der Waals surface area (Å²) < 4.78 is -0.596. The van der Waals surface area contributed by atoms with Gasteiger partial charge in [0.05, 0.1) is 23.6 Å². The summed E-state index contributed by atoms with van der Waals surface area (Å²) in [5.74, 6) is -1.23. The van der Waals surface area contributed by atoms with Gasteiger partial charge in [0.15, 0.2) is 6.10 Å². The molecule has 3 amide bonds. The summed E-state index contributed by atoms with van der Waals surface area (Å²) in [4.78, 5) is 41.9. The number of benzene rings is 3. The molecule has 4 rings (SSSR count). The first-order valence-corrected chi connectivity index (χ1v) is 14.4. The number of aryl methyl sites for hydroxylation is 1. The first-order valence-electron chi connectivity index (χ1n) is 13.4. The predicted molar refractivity (Wildman–Crippen MR) is 159 cm³/mol. The van der Waals surface area contributed by atoms with Crippen molar-refractivity contribution >= 4 is 29.5 Å². The van der Waals surface area contributed by atoms with Gasteiger partial charge < -0.3 is 20.6 Å². The van der Waals surface area contributed by atoms with Gasteiger partial charge in [0.1, 0.15) is 6.04 Å². The maximum atomic E-state index is 13.8. The molecule has 41 heavy (non-hydrogen) atoms. The van der Waals surface area contributed by atoms with E-state index in [9.17, 15) is 24.8 Å². The van der Waals surface area contributed by atoms with E-state index in [4.69, 9.17) is 0 Å². The van der Waals surface area contributed by atoms with Gasteiger partial charge in [0.2, 0.25) is 5.91 Å². The Labute approximate surface area is 244 Å². The fourth-order valence-electron chi connectivity index (χ4n) is 4.93. The largest absolute Gasteiger partial charge is 0.381 e. The van der Waals surface area contributed by atoms with Crippen LogP contribution in [-0.2, 0) is 22.6 Å². The number of nitriles is 1. The molecule has 9 heteroatoms. The van der Waals surface area contributed by atoms with Crippen LogP contribution in [0.25, 0.3) is 0 Å². The lowest BCUT2D eigenvalue weighted by Crippen LogP contribution is -2.58. The van der Waals surface area contributed by atoms with Crippen LogP contribution in [0.5, 0.6) is 0 Å². The fourth-order valence-corrected chi connectivity index (χ4v) is 6.07. The summed E-state index contributed by atoms with van der Waals surface area (Å²) in [6.07, 6.45) is -1.43. The van der Waals surface area contributed by atoms with Crippen LogP contribution in [-0.4, -0.2) is 56.5 Å². The highest BCUT2D eigenvalue weighted by molar-refractivity contribution is 8.00. The zero-order valence-corrected chi connectivity index (χ0v) is 24.2. The molecule has 1 fully saturated rings. The molecule has 8 nitrogen and oxygen atoms in total. The van der Waals surface area contributed by atoms with Crippen molar-refractivity contribution in [1.29, 1.82) is 5.26 Å². The number of aliphatic hydroxyl groups is 1. The molecule has 0 radical (unpaired) electrons. The van der Waals surface area contributed by atoms with Gasteiger partial charge >= 0.3 is 0 Å². The Morgan fingerprint density at radius 1 is 1.07 bits per heavy atom. The number of amides is 3. The average molecular weight is 571 g/mol. The Kier molecular flexibility index (Phi) is 9.48. The molecule has 212 valence electrons. The quantitative estimate of drug-likeness (QED) is 0.362. The van der Waals surface area contributed by atoms with E-state index in [1.807, 2.05) is 81.4 Å². The van der Waals surface area contributed by atoms with Crippen molar-refractivity contribution < 1.29 is 19.5 Å². The number of hydrogen-bond donors (Lipinski definition) is 3. The number of aliphatic hydroxyl groups excluding tert-OH is 1. The molecular formula is C32H34N4O4S. The summed E-state index contributed by atoms with van der Waals surface area (Å²) >= 11 is 1.46. The fraction of sp³-hybridized carbons (Fsp3) is 0.312. The number of carbonyl (C=O) groups excluding carboxylic acids is 3. The molecule has 1 aliphatic heterocycles. The first-order chi connectivity index (χ1) is 19.6. The van der Waals surface area contributed by atoms with Crippen molar-refractivity contribution in [3.8, 4) is 6.07 Å². The second kappa shape index (κ2) is 13.0. The van der Waals surface area contributed by atoms with E-state index < -0.39 is 34.7 Å². The van der Waals surface area contributed by atoms with Gasteiger partial charge in [-0.05, 0) is 62.1 Å². The Hall–Kier alpha value is -4.13. The molecule has 3 aromatic carbocycles. The van der Waals surface area contributed by atoms with Gasteiger partial charge in [0.25, 0.3) is 11.8 Å². The third kappa shape index (κ3) is 7.15. The molecule has 0 saturated carbocycles. The molecule has 3 N–H and O–H groups in total. The van der Waals surface area contributed by atoms with Crippen LogP contribution in [0.4, 0.5) is 0 Å². The maximum absolute atomic E-state index is 13.8. The second-order valence-corrected chi connectivity index (χ2v) is 12.2. The number of nitrogens with zero attached hydrogens (tertiary/aromatic N) is 2. The zero-order chi connectivity index (χ0) is 29.6. The van der Waals surface area contributed by atoms with E-state index in [1.165, 1.54) is 22.7 Å². The molecular weight excluding hydrogens is 536 g/mol. The Bertz CT molecular complexity index is 1450. The van der Waals surface area contributed by atoms with Gasteiger partial charge in [-0.3, -0.25) is 14.4 Å². The van der Waals surface area contributed by atoms with Crippen molar-refractivity contribution in [1.82, 2.24) is 15.5 Å². The van der Waals surface area contributed by atoms with Crippen molar-refractivity contribution in [2.75, 3.05) is 5.88 Å². The first kappa shape index (κ1) is 29.8. The van der Waals surface area contributed by atoms with Crippen LogP contribution in [0.15, 0.2) is 78.9 Å². The van der Waals surface area contributed by atoms with E-state index in [2.05, 4.69) is 10.6 Å². The van der Waals surface area contributed by atoms with Crippen LogP contribution >= 0.6 is 11.8 Å². The number of rotatable bonds is 9. The minimum atomic E-state index is -1.61. The smallest absolute Gasteiger partial charge is 0.254 e. The summed E-state index contributed by atoms with van der Waals surface area (Å²) in [5.41, 5.74) is 3.42. The van der Waals surface area contributed by atoms with Crippen LogP contribution in [0, 0.1) is 18.3 Å². The van der Waals surface area contributed by atoms with Crippen molar-refractivity contribution in [2.45, 2.75) is 56.7 Å². The van der Waals surface area contributed by atoms with E-state index in [-0.39, 0.29) is 23.8 Å². The van der Waals surface area contributed by atoms with Crippen LogP contribution in [0.2, 0.25) is 0 Å². The highest BCUT2D eigenvalue weighted by Gasteiger charge is 2.49. The number of nitrogens with one attached hydrogen (secondary N) is 2. The minimum absolute atomic E-state index is 0.186. The summed E-state index contributed by atoms with van der Waals surface area (Å²) in [7, 11) is 0. The third-order valence-electron chi connectivity index (χ3n) is 7.29. The normalized spacial score (nSPS) is 17.2. The lowest BCUT2D eigenvalue weighted by Gasteiger charge is -2.33. The molecule has 1 aliphatic rings. The van der Waals surface area contributed by atoms with Crippen LogP contribution in [0.3, 0.4) is 0 Å². The topological polar surface area (TPSA) is 123 Å². The molecule has 1 heterocycles.